The van der Waals surface area contributed by atoms with Crippen molar-refractivity contribution in [2.24, 2.45) is 5.10 Å². The molecule has 116 valence electrons. The lowest BCUT2D eigenvalue weighted by atomic mass is 10.1. The molecule has 23 heavy (non-hydrogen) atoms. The van der Waals surface area contributed by atoms with Gasteiger partial charge in [0.2, 0.25) is 0 Å². The number of piperazine rings is 1. The normalized spacial score (nSPS) is 19.0. The van der Waals surface area contributed by atoms with Gasteiger partial charge in [-0.3, -0.25) is 9.80 Å². The smallest absolute Gasteiger partial charge is 0.276 e. The SMILES string of the molecule is O=C1Nc2ccccc2/C1=N\N1CCN(c2ccccc2)CC1. The van der Waals surface area contributed by atoms with Crippen LogP contribution in [-0.2, 0) is 4.79 Å². The number of hydrogen-bond acceptors (Lipinski definition) is 4. The van der Waals surface area contributed by atoms with Crippen LogP contribution in [0.3, 0.4) is 0 Å². The van der Waals surface area contributed by atoms with Gasteiger partial charge in [0.05, 0.1) is 18.8 Å². The van der Waals surface area contributed by atoms with Crippen LogP contribution in [0.2, 0.25) is 0 Å². The van der Waals surface area contributed by atoms with Crippen LogP contribution in [0.5, 0.6) is 0 Å². The standard InChI is InChI=1S/C18H18N4O/c23-18-17(15-8-4-5-9-16(15)19-18)20-22-12-10-21(11-13-22)14-6-2-1-3-7-14/h1-9H,10-13H2,(H,19,20,23). The fourth-order valence-electron chi connectivity index (χ4n) is 3.04. The van der Waals surface area contributed by atoms with Gasteiger partial charge < -0.3 is 10.2 Å². The molecule has 1 amide bonds. The Hall–Kier alpha value is -2.82. The molecule has 5 nitrogen and oxygen atoms in total. The predicted octanol–water partition coefficient (Wildman–Crippen LogP) is 2.17. The molecular weight excluding hydrogens is 288 g/mol. The Morgan fingerprint density at radius 1 is 0.870 bits per heavy atom. The van der Waals surface area contributed by atoms with Crippen LogP contribution in [0.25, 0.3) is 0 Å². The minimum atomic E-state index is -0.114. The number of rotatable bonds is 2. The number of hydrazone groups is 1. The second kappa shape index (κ2) is 5.76. The molecule has 0 bridgehead atoms. The zero-order valence-electron chi connectivity index (χ0n) is 12.8. The third-order valence-electron chi connectivity index (χ3n) is 4.26. The molecule has 1 fully saturated rings. The van der Waals surface area contributed by atoms with E-state index in [1.165, 1.54) is 5.69 Å². The molecule has 2 aromatic carbocycles. The summed E-state index contributed by atoms with van der Waals surface area (Å²) in [4.78, 5) is 14.5. The van der Waals surface area contributed by atoms with Crippen LogP contribution in [0.4, 0.5) is 11.4 Å². The van der Waals surface area contributed by atoms with Gasteiger partial charge >= 0.3 is 0 Å². The highest BCUT2D eigenvalue weighted by atomic mass is 16.2. The number of para-hydroxylation sites is 2. The summed E-state index contributed by atoms with van der Waals surface area (Å²) in [5, 5.41) is 9.46. The van der Waals surface area contributed by atoms with E-state index in [4.69, 9.17) is 0 Å². The summed E-state index contributed by atoms with van der Waals surface area (Å²) < 4.78 is 0. The number of amides is 1. The van der Waals surface area contributed by atoms with Crippen molar-refractivity contribution in [2.45, 2.75) is 0 Å². The summed E-state index contributed by atoms with van der Waals surface area (Å²) in [5.41, 5.74) is 3.50. The van der Waals surface area contributed by atoms with E-state index in [-0.39, 0.29) is 5.91 Å². The van der Waals surface area contributed by atoms with Gasteiger partial charge in [0.1, 0.15) is 0 Å². The maximum atomic E-state index is 12.1. The minimum absolute atomic E-state index is 0.114. The second-order valence-electron chi connectivity index (χ2n) is 5.72. The zero-order valence-corrected chi connectivity index (χ0v) is 12.8. The van der Waals surface area contributed by atoms with Crippen molar-refractivity contribution in [1.29, 1.82) is 0 Å². The number of fused-ring (bicyclic) bond motifs is 1. The number of hydrogen-bond donors (Lipinski definition) is 1. The van der Waals surface area contributed by atoms with E-state index in [0.717, 1.165) is 37.4 Å². The Bertz CT molecular complexity index is 749. The highest BCUT2D eigenvalue weighted by Gasteiger charge is 2.27. The van der Waals surface area contributed by atoms with Gasteiger partial charge in [-0.2, -0.15) is 5.10 Å². The molecule has 5 heteroatoms. The maximum Gasteiger partial charge on any atom is 0.276 e. The van der Waals surface area contributed by atoms with Crippen molar-refractivity contribution in [3.8, 4) is 0 Å². The molecule has 2 heterocycles. The van der Waals surface area contributed by atoms with E-state index >= 15 is 0 Å². The lowest BCUT2D eigenvalue weighted by Gasteiger charge is -2.34. The lowest BCUT2D eigenvalue weighted by Crippen LogP contribution is -2.44. The van der Waals surface area contributed by atoms with E-state index in [1.54, 1.807) is 0 Å². The van der Waals surface area contributed by atoms with Crippen LogP contribution in [0.1, 0.15) is 5.56 Å². The van der Waals surface area contributed by atoms with Gasteiger partial charge in [0.25, 0.3) is 5.91 Å². The molecule has 0 spiro atoms. The number of nitrogens with one attached hydrogen (secondary N) is 1. The monoisotopic (exact) mass is 306 g/mol. The first-order chi connectivity index (χ1) is 11.3. The van der Waals surface area contributed by atoms with Gasteiger partial charge in [-0.25, -0.2) is 0 Å². The van der Waals surface area contributed by atoms with Gasteiger partial charge in [-0.05, 0) is 18.2 Å². The van der Waals surface area contributed by atoms with Crippen LogP contribution in [0, 0.1) is 0 Å². The van der Waals surface area contributed by atoms with Crippen molar-refractivity contribution in [3.63, 3.8) is 0 Å². The molecule has 2 aliphatic rings. The fourth-order valence-corrected chi connectivity index (χ4v) is 3.04. The maximum absolute atomic E-state index is 12.1. The minimum Gasteiger partial charge on any atom is -0.368 e. The van der Waals surface area contributed by atoms with Crippen molar-refractivity contribution in [3.05, 3.63) is 60.2 Å². The van der Waals surface area contributed by atoms with Crippen LogP contribution in [-0.4, -0.2) is 42.8 Å². The quantitative estimate of drug-likeness (QED) is 0.925. The molecule has 2 aliphatic heterocycles. The van der Waals surface area contributed by atoms with Crippen molar-refractivity contribution in [2.75, 3.05) is 36.4 Å². The Balaban J connectivity index is 1.48. The highest BCUT2D eigenvalue weighted by molar-refractivity contribution is 6.53. The number of carbonyl (C=O) groups is 1. The third-order valence-corrected chi connectivity index (χ3v) is 4.26. The molecule has 0 aromatic heterocycles. The summed E-state index contributed by atoms with van der Waals surface area (Å²) in [5.74, 6) is -0.114. The Morgan fingerprint density at radius 3 is 2.35 bits per heavy atom. The van der Waals surface area contributed by atoms with Gasteiger partial charge in [0, 0.05) is 24.3 Å². The topological polar surface area (TPSA) is 47.9 Å². The van der Waals surface area contributed by atoms with Crippen LogP contribution in [0.15, 0.2) is 59.7 Å². The van der Waals surface area contributed by atoms with E-state index in [2.05, 4.69) is 39.6 Å². The molecule has 4 rings (SSSR count). The van der Waals surface area contributed by atoms with E-state index < -0.39 is 0 Å². The molecule has 1 saturated heterocycles. The van der Waals surface area contributed by atoms with Crippen molar-refractivity contribution in [1.82, 2.24) is 5.01 Å². The first-order valence-electron chi connectivity index (χ1n) is 7.85. The van der Waals surface area contributed by atoms with Gasteiger partial charge in [0.15, 0.2) is 5.71 Å². The average molecular weight is 306 g/mol. The molecule has 0 aliphatic carbocycles. The van der Waals surface area contributed by atoms with E-state index in [9.17, 15) is 4.79 Å². The van der Waals surface area contributed by atoms with Gasteiger partial charge in [-0.1, -0.05) is 36.4 Å². The Labute approximate surface area is 135 Å². The highest BCUT2D eigenvalue weighted by Crippen LogP contribution is 2.23. The van der Waals surface area contributed by atoms with Crippen LogP contribution < -0.4 is 10.2 Å². The zero-order chi connectivity index (χ0) is 15.6. The molecular formula is C18H18N4O. The lowest BCUT2D eigenvalue weighted by molar-refractivity contribution is -0.110. The third kappa shape index (κ3) is 2.65. The molecule has 0 atom stereocenters. The number of nitrogens with zero attached hydrogens (tertiary/aromatic N) is 3. The van der Waals surface area contributed by atoms with Crippen molar-refractivity contribution < 1.29 is 4.79 Å². The molecule has 1 N–H and O–H groups in total. The van der Waals surface area contributed by atoms with E-state index in [1.807, 2.05) is 35.3 Å². The Morgan fingerprint density at radius 2 is 1.57 bits per heavy atom. The average Bonchev–Trinajstić information content (AvgIpc) is 2.92. The summed E-state index contributed by atoms with van der Waals surface area (Å²) in [6.07, 6.45) is 0. The molecule has 0 unspecified atom stereocenters. The summed E-state index contributed by atoms with van der Waals surface area (Å²) in [6, 6.07) is 18.1. The van der Waals surface area contributed by atoms with Crippen molar-refractivity contribution >= 4 is 23.0 Å². The summed E-state index contributed by atoms with van der Waals surface area (Å²) in [6.45, 7) is 3.44. The largest absolute Gasteiger partial charge is 0.368 e. The van der Waals surface area contributed by atoms with Gasteiger partial charge in [-0.15, -0.1) is 0 Å². The molecule has 0 radical (unpaired) electrons. The number of benzene rings is 2. The molecule has 0 saturated carbocycles. The second-order valence-corrected chi connectivity index (χ2v) is 5.72. The Kier molecular flexibility index (Phi) is 3.46. The van der Waals surface area contributed by atoms with E-state index in [0.29, 0.717) is 5.71 Å². The van der Waals surface area contributed by atoms with Crippen LogP contribution >= 0.6 is 0 Å². The number of carbonyl (C=O) groups excluding carboxylic acids is 1. The fraction of sp³-hybridized carbons (Fsp3) is 0.222. The first-order valence-corrected chi connectivity index (χ1v) is 7.85. The summed E-state index contributed by atoms with van der Waals surface area (Å²) >= 11 is 0. The summed E-state index contributed by atoms with van der Waals surface area (Å²) in [7, 11) is 0. The molecule has 2 aromatic rings. The predicted molar refractivity (Wildman–Crippen MR) is 91.8 cm³/mol. The number of anilines is 2. The first kappa shape index (κ1) is 13.8.